The topological polar surface area (TPSA) is 109 Å². The van der Waals surface area contributed by atoms with Gasteiger partial charge in [-0.2, -0.15) is 23.5 Å². The van der Waals surface area contributed by atoms with Crippen molar-refractivity contribution in [2.45, 2.75) is 77.2 Å². The molecule has 1 atom stereocenters. The number of carbonyl (C=O) groups excluding carboxylic acids is 2. The molecule has 202 valence electrons. The summed E-state index contributed by atoms with van der Waals surface area (Å²) in [6.07, 6.45) is 0.480. The van der Waals surface area contributed by atoms with Crippen molar-refractivity contribution in [2.75, 3.05) is 6.61 Å². The van der Waals surface area contributed by atoms with Crippen LogP contribution < -0.4 is 15.4 Å². The van der Waals surface area contributed by atoms with E-state index in [0.29, 0.717) is 48.7 Å². The third-order valence-electron chi connectivity index (χ3n) is 7.70. The molecule has 0 bridgehead atoms. The van der Waals surface area contributed by atoms with E-state index in [1.165, 1.54) is 32.8 Å². The number of halogens is 3. The SMILES string of the molecule is CC(C)(C#N)C(=O)NCc1c2c(nn1CCC1CC1)C[C@]1(CCc3cc(OCC(F)(F)F)ccc31)NC2=O. The summed E-state index contributed by atoms with van der Waals surface area (Å²) in [5, 5.41) is 20.1. The Morgan fingerprint density at radius 2 is 2.11 bits per heavy atom. The molecule has 2 heterocycles. The van der Waals surface area contributed by atoms with Crippen LogP contribution in [-0.2, 0) is 36.3 Å². The predicted molar refractivity (Wildman–Crippen MR) is 130 cm³/mol. The summed E-state index contributed by atoms with van der Waals surface area (Å²) in [5.41, 5.74) is 1.48. The maximum absolute atomic E-state index is 13.5. The summed E-state index contributed by atoms with van der Waals surface area (Å²) in [7, 11) is 0. The number of alkyl halides is 3. The van der Waals surface area contributed by atoms with Gasteiger partial charge in [0, 0.05) is 13.0 Å². The monoisotopic (exact) mass is 529 g/mol. The summed E-state index contributed by atoms with van der Waals surface area (Å²) in [6, 6.07) is 6.84. The maximum Gasteiger partial charge on any atom is 0.422 e. The fourth-order valence-corrected chi connectivity index (χ4v) is 5.35. The molecule has 1 aliphatic heterocycles. The van der Waals surface area contributed by atoms with E-state index in [1.54, 1.807) is 12.1 Å². The minimum Gasteiger partial charge on any atom is -0.484 e. The van der Waals surface area contributed by atoms with E-state index in [9.17, 15) is 28.0 Å². The summed E-state index contributed by atoms with van der Waals surface area (Å²) in [5.74, 6) is 0.0677. The van der Waals surface area contributed by atoms with Crippen LogP contribution in [0.1, 0.15) is 72.4 Å². The highest BCUT2D eigenvalue weighted by molar-refractivity contribution is 5.98. The van der Waals surface area contributed by atoms with E-state index in [4.69, 9.17) is 9.84 Å². The van der Waals surface area contributed by atoms with Gasteiger partial charge < -0.3 is 15.4 Å². The molecule has 1 spiro atoms. The van der Waals surface area contributed by atoms with Crippen molar-refractivity contribution < 1.29 is 27.5 Å². The van der Waals surface area contributed by atoms with Gasteiger partial charge in [0.25, 0.3) is 5.91 Å². The fraction of sp³-hybridized carbons (Fsp3) is 0.556. The summed E-state index contributed by atoms with van der Waals surface area (Å²) in [6.45, 7) is 2.42. The normalized spacial score (nSPS) is 20.5. The van der Waals surface area contributed by atoms with Crippen molar-refractivity contribution in [2.24, 2.45) is 11.3 Å². The fourth-order valence-electron chi connectivity index (χ4n) is 5.35. The Morgan fingerprint density at radius 3 is 2.79 bits per heavy atom. The second kappa shape index (κ2) is 9.33. The van der Waals surface area contributed by atoms with E-state index in [-0.39, 0.29) is 18.2 Å². The average molecular weight is 530 g/mol. The number of hydrogen-bond donors (Lipinski definition) is 2. The summed E-state index contributed by atoms with van der Waals surface area (Å²) >= 11 is 0. The Balaban J connectivity index is 1.41. The van der Waals surface area contributed by atoms with Crippen LogP contribution in [0.15, 0.2) is 18.2 Å². The highest BCUT2D eigenvalue weighted by atomic mass is 19.4. The van der Waals surface area contributed by atoms with Gasteiger partial charge in [-0.05, 0) is 62.3 Å². The second-order valence-corrected chi connectivity index (χ2v) is 11.1. The van der Waals surface area contributed by atoms with Crippen LogP contribution in [0.25, 0.3) is 0 Å². The number of amides is 2. The molecule has 2 amide bonds. The predicted octanol–water partition coefficient (Wildman–Crippen LogP) is 3.92. The molecule has 0 radical (unpaired) electrons. The molecule has 1 aromatic carbocycles. The first kappa shape index (κ1) is 26.1. The highest BCUT2D eigenvalue weighted by Gasteiger charge is 2.46. The molecule has 0 unspecified atom stereocenters. The molecule has 5 rings (SSSR count). The van der Waals surface area contributed by atoms with Gasteiger partial charge in [0.2, 0.25) is 5.91 Å². The zero-order chi connectivity index (χ0) is 27.3. The van der Waals surface area contributed by atoms with Gasteiger partial charge in [-0.15, -0.1) is 0 Å². The molecule has 2 N–H and O–H groups in total. The largest absolute Gasteiger partial charge is 0.484 e. The number of hydrogen-bond acceptors (Lipinski definition) is 5. The third-order valence-corrected chi connectivity index (χ3v) is 7.70. The van der Waals surface area contributed by atoms with Gasteiger partial charge in [-0.25, -0.2) is 0 Å². The van der Waals surface area contributed by atoms with Crippen molar-refractivity contribution in [3.63, 3.8) is 0 Å². The quantitative estimate of drug-likeness (QED) is 0.539. The Morgan fingerprint density at radius 1 is 1.34 bits per heavy atom. The number of ether oxygens (including phenoxy) is 1. The van der Waals surface area contributed by atoms with Crippen molar-refractivity contribution in [3.05, 3.63) is 46.3 Å². The average Bonchev–Trinajstić information content (AvgIpc) is 3.54. The molecule has 1 saturated carbocycles. The molecular weight excluding hydrogens is 499 g/mol. The molecule has 3 aliphatic rings. The number of rotatable bonds is 8. The highest BCUT2D eigenvalue weighted by Crippen LogP contribution is 2.44. The first-order valence-corrected chi connectivity index (χ1v) is 12.8. The van der Waals surface area contributed by atoms with E-state index in [1.807, 2.05) is 10.8 Å². The number of nitrogens with zero attached hydrogens (tertiary/aromatic N) is 3. The standard InChI is InChI=1S/C27H30F3N5O3/c1-25(2,14-31)24(37)32-13-21-22-20(34-35(21)10-8-16-3-4-16)12-26(33-23(22)36)9-7-17-11-18(5-6-19(17)26)38-15-27(28,29)30/h5-6,11,16H,3-4,7-10,12-13,15H2,1-2H3,(H,32,37)(H,33,36)/t26-/m0/s1. The molecule has 0 saturated heterocycles. The van der Waals surface area contributed by atoms with Crippen molar-refractivity contribution in [3.8, 4) is 11.8 Å². The lowest BCUT2D eigenvalue weighted by molar-refractivity contribution is -0.153. The molecule has 2 aliphatic carbocycles. The first-order chi connectivity index (χ1) is 17.9. The molecule has 2 aromatic rings. The van der Waals surface area contributed by atoms with Crippen LogP contribution in [0.5, 0.6) is 5.75 Å². The Kier molecular flexibility index (Phi) is 6.40. The number of aromatic nitrogens is 2. The number of fused-ring (bicyclic) bond motifs is 3. The Hall–Kier alpha value is -3.55. The van der Waals surface area contributed by atoms with Crippen LogP contribution in [0.2, 0.25) is 0 Å². The minimum absolute atomic E-state index is 0.0772. The number of benzene rings is 1. The molecule has 8 nitrogen and oxygen atoms in total. The molecule has 1 aromatic heterocycles. The van der Waals surface area contributed by atoms with E-state index in [0.717, 1.165) is 17.5 Å². The zero-order valence-electron chi connectivity index (χ0n) is 21.4. The van der Waals surface area contributed by atoms with E-state index >= 15 is 0 Å². The van der Waals surface area contributed by atoms with Gasteiger partial charge in [0.15, 0.2) is 6.61 Å². The van der Waals surface area contributed by atoms with Crippen LogP contribution >= 0.6 is 0 Å². The smallest absolute Gasteiger partial charge is 0.422 e. The molecule has 11 heteroatoms. The lowest BCUT2D eigenvalue weighted by Gasteiger charge is -2.35. The Labute approximate surface area is 218 Å². The lowest BCUT2D eigenvalue weighted by atomic mass is 9.82. The van der Waals surface area contributed by atoms with Crippen molar-refractivity contribution in [1.82, 2.24) is 20.4 Å². The van der Waals surface area contributed by atoms with Gasteiger partial charge in [0.05, 0.1) is 35.1 Å². The molecular formula is C27H30F3N5O3. The molecule has 38 heavy (non-hydrogen) atoms. The summed E-state index contributed by atoms with van der Waals surface area (Å²) < 4.78 is 44.5. The summed E-state index contributed by atoms with van der Waals surface area (Å²) in [4.78, 5) is 26.1. The van der Waals surface area contributed by atoms with Gasteiger partial charge in [-0.1, -0.05) is 18.9 Å². The maximum atomic E-state index is 13.5. The van der Waals surface area contributed by atoms with Gasteiger partial charge in [-0.3, -0.25) is 14.3 Å². The first-order valence-electron chi connectivity index (χ1n) is 12.8. The number of nitrogens with one attached hydrogen (secondary N) is 2. The van der Waals surface area contributed by atoms with Gasteiger partial charge >= 0.3 is 6.18 Å². The van der Waals surface area contributed by atoms with Crippen molar-refractivity contribution in [1.29, 1.82) is 5.26 Å². The van der Waals surface area contributed by atoms with Crippen LogP contribution in [0, 0.1) is 22.7 Å². The third kappa shape index (κ3) is 5.08. The van der Waals surface area contributed by atoms with Crippen LogP contribution in [0.4, 0.5) is 13.2 Å². The number of carbonyl (C=O) groups is 2. The lowest BCUT2D eigenvalue weighted by Crippen LogP contribution is -2.50. The van der Waals surface area contributed by atoms with Crippen molar-refractivity contribution >= 4 is 11.8 Å². The number of aryl methyl sites for hydroxylation is 2. The minimum atomic E-state index is -4.42. The van der Waals surface area contributed by atoms with E-state index in [2.05, 4.69) is 10.6 Å². The van der Waals surface area contributed by atoms with Crippen LogP contribution in [0.3, 0.4) is 0 Å². The Bertz CT molecular complexity index is 1320. The number of nitriles is 1. The second-order valence-electron chi connectivity index (χ2n) is 11.1. The van der Waals surface area contributed by atoms with Gasteiger partial charge in [0.1, 0.15) is 11.2 Å². The van der Waals surface area contributed by atoms with Crippen LogP contribution in [-0.4, -0.2) is 34.4 Å². The molecule has 1 fully saturated rings. The zero-order valence-corrected chi connectivity index (χ0v) is 21.4. The van der Waals surface area contributed by atoms with E-state index < -0.39 is 29.6 Å².